The molecule has 0 aliphatic heterocycles. The van der Waals surface area contributed by atoms with Crippen molar-refractivity contribution in [3.8, 4) is 0 Å². The standard InChI is InChI=1S/C43H71NO7/c1-6-8-10-12-14-16-18-19-20-21-22-24-25-27-29-31-33-41(45)50-38-39(37-49-36-35-40(43(47)48)44(3,4)5)51-42(46)34-32-30-28-26-23-17-15-13-11-9-7-2/h8,10,13-17,19-20,22-24,39-40H,6-7,9,11-12,18,21,25-38H2,1-5H3/p+1/b10-8+,15-13+,16-14+,20-19+,23-17+,24-22+. The van der Waals surface area contributed by atoms with Crippen LogP contribution in [0.4, 0.5) is 0 Å². The van der Waals surface area contributed by atoms with Crippen molar-refractivity contribution >= 4 is 17.9 Å². The summed E-state index contributed by atoms with van der Waals surface area (Å²) in [5.74, 6) is -1.56. The lowest BCUT2D eigenvalue weighted by Crippen LogP contribution is -2.50. The van der Waals surface area contributed by atoms with E-state index in [0.717, 1.165) is 83.5 Å². The van der Waals surface area contributed by atoms with Gasteiger partial charge in [-0.3, -0.25) is 9.59 Å². The zero-order chi connectivity index (χ0) is 37.8. The third kappa shape index (κ3) is 32.4. The van der Waals surface area contributed by atoms with Crippen LogP contribution in [0.2, 0.25) is 0 Å². The Kier molecular flexibility index (Phi) is 31.7. The Hall–Kier alpha value is -3.23. The second-order valence-electron chi connectivity index (χ2n) is 13.8. The summed E-state index contributed by atoms with van der Waals surface area (Å²) < 4.78 is 17.1. The zero-order valence-corrected chi connectivity index (χ0v) is 32.8. The van der Waals surface area contributed by atoms with Crippen molar-refractivity contribution in [2.45, 2.75) is 142 Å². The number of carboxylic acids is 1. The molecule has 0 bridgehead atoms. The van der Waals surface area contributed by atoms with Crippen LogP contribution in [-0.2, 0) is 28.6 Å². The smallest absolute Gasteiger partial charge is 0.362 e. The maximum Gasteiger partial charge on any atom is 0.362 e. The highest BCUT2D eigenvalue weighted by atomic mass is 16.6. The Morgan fingerprint density at radius 3 is 1.71 bits per heavy atom. The Balaban J connectivity index is 4.51. The Bertz CT molecular complexity index is 1060. The number of aliphatic carboxylic acids is 1. The van der Waals surface area contributed by atoms with Crippen LogP contribution in [0.3, 0.4) is 0 Å². The van der Waals surface area contributed by atoms with Gasteiger partial charge in [0.15, 0.2) is 12.1 Å². The monoisotopic (exact) mass is 715 g/mol. The molecule has 0 aromatic rings. The van der Waals surface area contributed by atoms with Gasteiger partial charge >= 0.3 is 17.9 Å². The van der Waals surface area contributed by atoms with Crippen molar-refractivity contribution in [3.05, 3.63) is 72.9 Å². The molecule has 8 nitrogen and oxygen atoms in total. The molecule has 0 rings (SSSR count). The average Bonchev–Trinajstić information content (AvgIpc) is 3.08. The average molecular weight is 715 g/mol. The van der Waals surface area contributed by atoms with Gasteiger partial charge in [-0.1, -0.05) is 112 Å². The van der Waals surface area contributed by atoms with E-state index >= 15 is 0 Å². The van der Waals surface area contributed by atoms with Gasteiger partial charge in [0.25, 0.3) is 0 Å². The summed E-state index contributed by atoms with van der Waals surface area (Å²) in [6.45, 7) is 4.47. The number of likely N-dealkylation sites (N-methyl/N-ethyl adjacent to an activating group) is 1. The fraction of sp³-hybridized carbons (Fsp3) is 0.651. The topological polar surface area (TPSA) is 99.1 Å². The number of esters is 2. The zero-order valence-electron chi connectivity index (χ0n) is 32.8. The van der Waals surface area contributed by atoms with E-state index < -0.39 is 18.1 Å². The van der Waals surface area contributed by atoms with Crippen LogP contribution in [-0.4, -0.2) is 80.6 Å². The van der Waals surface area contributed by atoms with Gasteiger partial charge in [-0.25, -0.2) is 4.79 Å². The molecular weight excluding hydrogens is 642 g/mol. The van der Waals surface area contributed by atoms with Crippen LogP contribution in [0.5, 0.6) is 0 Å². The summed E-state index contributed by atoms with van der Waals surface area (Å²) in [7, 11) is 5.49. The molecule has 0 aromatic heterocycles. The van der Waals surface area contributed by atoms with E-state index in [9.17, 15) is 19.5 Å². The summed E-state index contributed by atoms with van der Waals surface area (Å²) in [5.41, 5.74) is 0. The molecule has 0 amide bonds. The molecule has 0 heterocycles. The number of hydrogen-bond acceptors (Lipinski definition) is 6. The Labute approximate surface area is 311 Å². The van der Waals surface area contributed by atoms with Crippen LogP contribution in [0.25, 0.3) is 0 Å². The lowest BCUT2D eigenvalue weighted by Gasteiger charge is -2.31. The third-order valence-electron chi connectivity index (χ3n) is 8.12. The molecule has 0 aromatic carbocycles. The molecule has 0 aliphatic rings. The lowest BCUT2D eigenvalue weighted by molar-refractivity contribution is -0.887. The van der Waals surface area contributed by atoms with Gasteiger partial charge in [-0.05, 0) is 70.6 Å². The van der Waals surface area contributed by atoms with E-state index in [1.165, 1.54) is 12.8 Å². The van der Waals surface area contributed by atoms with Crippen LogP contribution in [0.1, 0.15) is 129 Å². The quantitative estimate of drug-likeness (QED) is 0.0238. The van der Waals surface area contributed by atoms with Gasteiger partial charge in [0.1, 0.15) is 6.61 Å². The normalized spacial score (nSPS) is 13.8. The number of quaternary nitrogens is 1. The molecule has 290 valence electrons. The number of carbonyl (C=O) groups is 3. The number of unbranched alkanes of at least 4 members (excludes halogenated alkanes) is 8. The fourth-order valence-electron chi connectivity index (χ4n) is 5.06. The van der Waals surface area contributed by atoms with Gasteiger partial charge in [0.2, 0.25) is 0 Å². The van der Waals surface area contributed by atoms with Gasteiger partial charge in [0, 0.05) is 19.3 Å². The molecule has 0 saturated carbocycles. The van der Waals surface area contributed by atoms with E-state index in [0.29, 0.717) is 12.8 Å². The second kappa shape index (κ2) is 33.9. The minimum Gasteiger partial charge on any atom is -0.477 e. The fourth-order valence-corrected chi connectivity index (χ4v) is 5.06. The highest BCUT2D eigenvalue weighted by molar-refractivity contribution is 5.72. The SMILES string of the molecule is CC/C=C/C/C=C/C/C=C/C/C=C/CCCCCC(=O)OCC(COCCC(C(=O)O)[N+](C)(C)C)OC(=O)CCCCC/C=C/C=C/CCCC. The second-order valence-corrected chi connectivity index (χ2v) is 13.8. The predicted octanol–water partition coefficient (Wildman–Crippen LogP) is 10.0. The van der Waals surface area contributed by atoms with E-state index in [4.69, 9.17) is 14.2 Å². The molecular formula is C43H72NO7+. The molecule has 8 heteroatoms. The summed E-state index contributed by atoms with van der Waals surface area (Å²) in [6.07, 6.45) is 40.9. The van der Waals surface area contributed by atoms with Gasteiger partial charge in [0.05, 0.1) is 34.4 Å². The van der Waals surface area contributed by atoms with Crippen molar-refractivity contribution in [2.24, 2.45) is 0 Å². The van der Waals surface area contributed by atoms with E-state index in [1.807, 2.05) is 21.1 Å². The van der Waals surface area contributed by atoms with Gasteiger partial charge < -0.3 is 23.8 Å². The highest BCUT2D eigenvalue weighted by Gasteiger charge is 2.31. The summed E-state index contributed by atoms with van der Waals surface area (Å²) in [4.78, 5) is 36.8. The first-order valence-corrected chi connectivity index (χ1v) is 19.5. The number of allylic oxidation sites excluding steroid dienone is 12. The van der Waals surface area contributed by atoms with Crippen LogP contribution in [0, 0.1) is 0 Å². The highest BCUT2D eigenvalue weighted by Crippen LogP contribution is 2.11. The van der Waals surface area contributed by atoms with Crippen LogP contribution in [0.15, 0.2) is 72.9 Å². The molecule has 0 aliphatic carbocycles. The van der Waals surface area contributed by atoms with Gasteiger partial charge in [-0.15, -0.1) is 0 Å². The maximum atomic E-state index is 12.6. The molecule has 1 N–H and O–H groups in total. The Morgan fingerprint density at radius 2 is 1.16 bits per heavy atom. The molecule has 0 fully saturated rings. The van der Waals surface area contributed by atoms with Crippen molar-refractivity contribution in [1.82, 2.24) is 0 Å². The molecule has 51 heavy (non-hydrogen) atoms. The molecule has 0 spiro atoms. The molecule has 0 radical (unpaired) electrons. The summed E-state index contributed by atoms with van der Waals surface area (Å²) in [6, 6.07) is -0.626. The van der Waals surface area contributed by atoms with Gasteiger partial charge in [-0.2, -0.15) is 0 Å². The third-order valence-corrected chi connectivity index (χ3v) is 8.12. The first-order chi connectivity index (χ1) is 24.6. The number of nitrogens with zero attached hydrogens (tertiary/aromatic N) is 1. The first kappa shape index (κ1) is 47.8. The summed E-state index contributed by atoms with van der Waals surface area (Å²) >= 11 is 0. The van der Waals surface area contributed by atoms with E-state index in [1.54, 1.807) is 0 Å². The maximum absolute atomic E-state index is 12.6. The number of carbonyl (C=O) groups excluding carboxylic acids is 2. The molecule has 2 unspecified atom stereocenters. The van der Waals surface area contributed by atoms with E-state index in [-0.39, 0.29) is 42.7 Å². The van der Waals surface area contributed by atoms with Crippen molar-refractivity contribution in [3.63, 3.8) is 0 Å². The Morgan fingerprint density at radius 1 is 0.627 bits per heavy atom. The van der Waals surface area contributed by atoms with Crippen molar-refractivity contribution < 1.29 is 38.2 Å². The summed E-state index contributed by atoms with van der Waals surface area (Å²) in [5, 5.41) is 9.58. The number of ether oxygens (including phenoxy) is 3. The number of rotatable bonds is 33. The minimum atomic E-state index is -0.889. The molecule has 0 saturated heterocycles. The largest absolute Gasteiger partial charge is 0.477 e. The minimum absolute atomic E-state index is 0.0357. The predicted molar refractivity (Wildman–Crippen MR) is 210 cm³/mol. The van der Waals surface area contributed by atoms with Crippen LogP contribution < -0.4 is 0 Å². The number of hydrogen-bond donors (Lipinski definition) is 1. The van der Waals surface area contributed by atoms with Crippen LogP contribution >= 0.6 is 0 Å². The number of carboxylic acid groups (broad SMARTS) is 1. The van der Waals surface area contributed by atoms with Crippen molar-refractivity contribution in [2.75, 3.05) is 41.0 Å². The van der Waals surface area contributed by atoms with E-state index in [2.05, 4.69) is 86.8 Å². The van der Waals surface area contributed by atoms with Crippen molar-refractivity contribution in [1.29, 1.82) is 0 Å². The lowest BCUT2D eigenvalue weighted by atomic mass is 10.1. The molecule has 2 atom stereocenters. The first-order valence-electron chi connectivity index (χ1n) is 19.5.